The molecular formula is C12H19NO2S. The van der Waals surface area contributed by atoms with Crippen LogP contribution in [-0.2, 0) is 4.74 Å². The van der Waals surface area contributed by atoms with Gasteiger partial charge in [0, 0.05) is 17.8 Å². The van der Waals surface area contributed by atoms with Crippen LogP contribution in [0.2, 0.25) is 0 Å². The molecule has 0 aliphatic heterocycles. The average molecular weight is 241 g/mol. The summed E-state index contributed by atoms with van der Waals surface area (Å²) in [5.74, 6) is 1.72. The predicted octanol–water partition coefficient (Wildman–Crippen LogP) is 2.80. The molecule has 90 valence electrons. The van der Waals surface area contributed by atoms with E-state index in [0.29, 0.717) is 12.3 Å². The van der Waals surface area contributed by atoms with Crippen molar-refractivity contribution >= 4 is 17.4 Å². The van der Waals surface area contributed by atoms with Gasteiger partial charge in [-0.25, -0.2) is 0 Å². The summed E-state index contributed by atoms with van der Waals surface area (Å²) >= 11 is 1.74. The smallest absolute Gasteiger partial charge is 0.143 e. The Bertz CT molecular complexity index is 318. The standard InChI is InChI=1S/C12H19NO2S/c1-3-6-15-12-9-10(4-5-11(12)13)16-8-7-14-2/h4-5,9H,3,6-8,13H2,1-2H3. The Morgan fingerprint density at radius 2 is 2.12 bits per heavy atom. The van der Waals surface area contributed by atoms with E-state index in [0.717, 1.165) is 29.4 Å². The van der Waals surface area contributed by atoms with Gasteiger partial charge in [0.15, 0.2) is 0 Å². The van der Waals surface area contributed by atoms with Crippen molar-refractivity contribution in [1.29, 1.82) is 0 Å². The second-order valence-corrected chi connectivity index (χ2v) is 4.56. The van der Waals surface area contributed by atoms with Gasteiger partial charge >= 0.3 is 0 Å². The summed E-state index contributed by atoms with van der Waals surface area (Å²) in [6.07, 6.45) is 0.987. The van der Waals surface area contributed by atoms with E-state index in [4.69, 9.17) is 15.2 Å². The van der Waals surface area contributed by atoms with Crippen LogP contribution in [0.4, 0.5) is 5.69 Å². The third-order valence-electron chi connectivity index (χ3n) is 2.00. The van der Waals surface area contributed by atoms with Gasteiger partial charge in [0.1, 0.15) is 5.75 Å². The first-order valence-corrected chi connectivity index (χ1v) is 6.40. The van der Waals surface area contributed by atoms with Crippen molar-refractivity contribution in [3.63, 3.8) is 0 Å². The summed E-state index contributed by atoms with van der Waals surface area (Å²) in [6.45, 7) is 3.53. The van der Waals surface area contributed by atoms with Gasteiger partial charge in [-0.2, -0.15) is 0 Å². The lowest BCUT2D eigenvalue weighted by Crippen LogP contribution is -1.99. The van der Waals surface area contributed by atoms with Gasteiger partial charge in [0.05, 0.1) is 18.9 Å². The molecule has 0 aliphatic carbocycles. The van der Waals surface area contributed by atoms with Crippen LogP contribution in [0.15, 0.2) is 23.1 Å². The number of thioether (sulfide) groups is 1. The van der Waals surface area contributed by atoms with Gasteiger partial charge in [-0.3, -0.25) is 0 Å². The van der Waals surface area contributed by atoms with E-state index < -0.39 is 0 Å². The molecule has 0 saturated carbocycles. The van der Waals surface area contributed by atoms with Crippen LogP contribution in [0.1, 0.15) is 13.3 Å². The molecule has 1 aromatic rings. The number of nitrogens with two attached hydrogens (primary N) is 1. The molecule has 0 unspecified atom stereocenters. The van der Waals surface area contributed by atoms with Gasteiger partial charge < -0.3 is 15.2 Å². The van der Waals surface area contributed by atoms with Crippen molar-refractivity contribution in [3.05, 3.63) is 18.2 Å². The van der Waals surface area contributed by atoms with Crippen LogP contribution in [0, 0.1) is 0 Å². The van der Waals surface area contributed by atoms with Crippen LogP contribution in [-0.4, -0.2) is 26.1 Å². The van der Waals surface area contributed by atoms with Crippen LogP contribution in [0.3, 0.4) is 0 Å². The lowest BCUT2D eigenvalue weighted by atomic mass is 10.3. The topological polar surface area (TPSA) is 44.5 Å². The molecule has 1 aromatic carbocycles. The minimum atomic E-state index is 0.699. The third-order valence-corrected chi connectivity index (χ3v) is 2.96. The van der Waals surface area contributed by atoms with E-state index in [1.807, 2.05) is 18.2 Å². The molecule has 2 N–H and O–H groups in total. The van der Waals surface area contributed by atoms with Gasteiger partial charge in [0.25, 0.3) is 0 Å². The van der Waals surface area contributed by atoms with Gasteiger partial charge in [-0.1, -0.05) is 6.92 Å². The molecule has 0 radical (unpaired) electrons. The maximum Gasteiger partial charge on any atom is 0.143 e. The molecule has 0 heterocycles. The number of nitrogen functional groups attached to an aromatic ring is 1. The molecule has 0 fully saturated rings. The average Bonchev–Trinajstić information content (AvgIpc) is 2.30. The molecule has 0 amide bonds. The van der Waals surface area contributed by atoms with Gasteiger partial charge in [-0.15, -0.1) is 11.8 Å². The summed E-state index contributed by atoms with van der Waals surface area (Å²) in [4.78, 5) is 1.16. The summed E-state index contributed by atoms with van der Waals surface area (Å²) in [7, 11) is 1.71. The zero-order valence-corrected chi connectivity index (χ0v) is 10.7. The van der Waals surface area contributed by atoms with E-state index >= 15 is 0 Å². The fourth-order valence-corrected chi connectivity index (χ4v) is 2.02. The van der Waals surface area contributed by atoms with Crippen molar-refractivity contribution in [3.8, 4) is 5.75 Å². The Balaban J connectivity index is 2.58. The maximum absolute atomic E-state index is 5.83. The van der Waals surface area contributed by atoms with Gasteiger partial charge in [-0.05, 0) is 24.6 Å². The van der Waals surface area contributed by atoms with Crippen LogP contribution in [0.5, 0.6) is 5.75 Å². The zero-order chi connectivity index (χ0) is 11.8. The summed E-state index contributed by atoms with van der Waals surface area (Å²) in [5, 5.41) is 0. The van der Waals surface area contributed by atoms with Crippen molar-refractivity contribution in [2.75, 3.05) is 31.8 Å². The lowest BCUT2D eigenvalue weighted by molar-refractivity contribution is 0.218. The van der Waals surface area contributed by atoms with Crippen molar-refractivity contribution in [1.82, 2.24) is 0 Å². The maximum atomic E-state index is 5.83. The number of hydrogen-bond donors (Lipinski definition) is 1. The summed E-state index contributed by atoms with van der Waals surface area (Å²) in [5.41, 5.74) is 6.52. The molecule has 1 rings (SSSR count). The fourth-order valence-electron chi connectivity index (χ4n) is 1.18. The van der Waals surface area contributed by atoms with E-state index in [-0.39, 0.29) is 0 Å². The highest BCUT2D eigenvalue weighted by Crippen LogP contribution is 2.28. The molecule has 16 heavy (non-hydrogen) atoms. The SMILES string of the molecule is CCCOc1cc(SCCOC)ccc1N. The quantitative estimate of drug-likeness (QED) is 0.453. The molecule has 0 saturated heterocycles. The number of benzene rings is 1. The van der Waals surface area contributed by atoms with Crippen LogP contribution < -0.4 is 10.5 Å². The Kier molecular flexibility index (Phi) is 6.11. The summed E-state index contributed by atoms with van der Waals surface area (Å²) in [6, 6.07) is 5.89. The minimum Gasteiger partial charge on any atom is -0.491 e. The first-order valence-electron chi connectivity index (χ1n) is 5.42. The largest absolute Gasteiger partial charge is 0.491 e. The lowest BCUT2D eigenvalue weighted by Gasteiger charge is -2.09. The molecule has 0 bridgehead atoms. The minimum absolute atomic E-state index is 0.699. The van der Waals surface area contributed by atoms with Crippen LogP contribution >= 0.6 is 11.8 Å². The highest BCUT2D eigenvalue weighted by molar-refractivity contribution is 7.99. The summed E-state index contributed by atoms with van der Waals surface area (Å²) < 4.78 is 10.6. The predicted molar refractivity (Wildman–Crippen MR) is 69.2 cm³/mol. The second kappa shape index (κ2) is 7.41. The van der Waals surface area contributed by atoms with E-state index in [2.05, 4.69) is 6.92 Å². The number of rotatable bonds is 7. The molecule has 4 heteroatoms. The van der Waals surface area contributed by atoms with Crippen molar-refractivity contribution < 1.29 is 9.47 Å². The molecule has 0 spiro atoms. The molecule has 0 aliphatic rings. The highest BCUT2D eigenvalue weighted by Gasteiger charge is 2.02. The zero-order valence-electron chi connectivity index (χ0n) is 9.86. The fraction of sp³-hybridized carbons (Fsp3) is 0.500. The Hall–Kier alpha value is -0.870. The van der Waals surface area contributed by atoms with E-state index in [1.165, 1.54) is 0 Å². The van der Waals surface area contributed by atoms with E-state index in [9.17, 15) is 0 Å². The third kappa shape index (κ3) is 4.33. The Morgan fingerprint density at radius 3 is 2.81 bits per heavy atom. The number of anilines is 1. The number of methoxy groups -OCH3 is 1. The van der Waals surface area contributed by atoms with Crippen molar-refractivity contribution in [2.24, 2.45) is 0 Å². The first-order chi connectivity index (χ1) is 7.77. The van der Waals surface area contributed by atoms with Crippen LogP contribution in [0.25, 0.3) is 0 Å². The normalized spacial score (nSPS) is 10.4. The molecule has 3 nitrogen and oxygen atoms in total. The monoisotopic (exact) mass is 241 g/mol. The highest BCUT2D eigenvalue weighted by atomic mass is 32.2. The van der Waals surface area contributed by atoms with Crippen molar-refractivity contribution in [2.45, 2.75) is 18.2 Å². The second-order valence-electron chi connectivity index (χ2n) is 3.39. The molecular weight excluding hydrogens is 222 g/mol. The number of hydrogen-bond acceptors (Lipinski definition) is 4. The molecule has 0 aromatic heterocycles. The van der Waals surface area contributed by atoms with E-state index in [1.54, 1.807) is 18.9 Å². The van der Waals surface area contributed by atoms with Gasteiger partial charge in [0.2, 0.25) is 0 Å². The molecule has 0 atom stereocenters. The number of ether oxygens (including phenoxy) is 2. The Morgan fingerprint density at radius 1 is 1.31 bits per heavy atom. The Labute approximate surface area is 101 Å². The first kappa shape index (κ1) is 13.2.